The quantitative estimate of drug-likeness (QED) is 0.380. The molecular formula is C27H28Cl2N6O4. The van der Waals surface area contributed by atoms with Crippen molar-refractivity contribution in [3.8, 4) is 0 Å². The highest BCUT2D eigenvalue weighted by molar-refractivity contribution is 6.40. The maximum atomic E-state index is 13.2. The molecule has 2 amide bonds. The van der Waals surface area contributed by atoms with E-state index < -0.39 is 17.9 Å². The first kappa shape index (κ1) is 26.8. The molecule has 1 fully saturated rings. The lowest BCUT2D eigenvalue weighted by Crippen LogP contribution is -2.48. The summed E-state index contributed by atoms with van der Waals surface area (Å²) in [5.41, 5.74) is 2.59. The number of amides is 2. The number of carbonyl (C=O) groups excluding carboxylic acids is 2. The molecule has 39 heavy (non-hydrogen) atoms. The number of hydrogen-bond acceptors (Lipinski definition) is 6. The second kappa shape index (κ2) is 11.2. The Kier molecular flexibility index (Phi) is 7.67. The van der Waals surface area contributed by atoms with E-state index in [-0.39, 0.29) is 34.6 Å². The van der Waals surface area contributed by atoms with Gasteiger partial charge in [0.2, 0.25) is 0 Å². The minimum atomic E-state index is -1.22. The molecule has 0 unspecified atom stereocenters. The number of carboxylic acid groups (broad SMARTS) is 1. The van der Waals surface area contributed by atoms with Crippen LogP contribution in [0.15, 0.2) is 48.9 Å². The van der Waals surface area contributed by atoms with Crippen LogP contribution in [0.25, 0.3) is 5.52 Å². The molecule has 0 aliphatic carbocycles. The summed E-state index contributed by atoms with van der Waals surface area (Å²) >= 11 is 13.1. The number of nitrogens with zero attached hydrogens (tertiary/aromatic N) is 4. The fourth-order valence-corrected chi connectivity index (χ4v) is 5.75. The van der Waals surface area contributed by atoms with Gasteiger partial charge >= 0.3 is 5.97 Å². The van der Waals surface area contributed by atoms with Crippen molar-refractivity contribution >= 4 is 46.5 Å². The number of carbonyl (C=O) groups is 3. The van der Waals surface area contributed by atoms with Crippen molar-refractivity contribution in [2.24, 2.45) is 0 Å². The summed E-state index contributed by atoms with van der Waals surface area (Å²) in [4.78, 5) is 41.9. The highest BCUT2D eigenvalue weighted by Crippen LogP contribution is 2.35. The Bertz CT molecular complexity index is 1430. The first-order valence-corrected chi connectivity index (χ1v) is 13.4. The zero-order valence-corrected chi connectivity index (χ0v) is 22.6. The van der Waals surface area contributed by atoms with Crippen LogP contribution >= 0.6 is 23.2 Å². The summed E-state index contributed by atoms with van der Waals surface area (Å²) < 4.78 is 1.64. The summed E-state index contributed by atoms with van der Waals surface area (Å²) in [5.74, 6) is -1.47. The molecule has 2 aromatic heterocycles. The van der Waals surface area contributed by atoms with E-state index in [0.29, 0.717) is 30.0 Å². The normalized spacial score (nSPS) is 15.6. The molecule has 4 heterocycles. The van der Waals surface area contributed by atoms with E-state index in [1.54, 1.807) is 27.7 Å². The molecule has 1 aromatic carbocycles. The first-order chi connectivity index (χ1) is 18.7. The van der Waals surface area contributed by atoms with Crippen molar-refractivity contribution in [3.63, 3.8) is 0 Å². The lowest BCUT2D eigenvalue weighted by atomic mass is 9.96. The Labute approximate surface area is 235 Å². The number of rotatable bonds is 8. The molecule has 3 N–H and O–H groups in total. The number of aliphatic carboxylic acids is 1. The van der Waals surface area contributed by atoms with E-state index in [2.05, 4.69) is 22.3 Å². The first-order valence-electron chi connectivity index (χ1n) is 12.7. The Morgan fingerprint density at radius 3 is 2.59 bits per heavy atom. The zero-order chi connectivity index (χ0) is 27.7. The van der Waals surface area contributed by atoms with Gasteiger partial charge in [-0.25, -0.2) is 9.31 Å². The third-order valence-corrected chi connectivity index (χ3v) is 7.82. The number of pyridine rings is 1. The average molecular weight is 571 g/mol. The average Bonchev–Trinajstić information content (AvgIpc) is 3.60. The number of nitrogens with one attached hydrogen (secondary N) is 2. The second-order valence-electron chi connectivity index (χ2n) is 9.65. The third kappa shape index (κ3) is 5.53. The lowest BCUT2D eigenvalue weighted by Gasteiger charge is -2.30. The molecule has 2 aliphatic heterocycles. The van der Waals surface area contributed by atoms with Gasteiger partial charge in [0, 0.05) is 38.9 Å². The van der Waals surface area contributed by atoms with Gasteiger partial charge in [-0.2, -0.15) is 5.10 Å². The largest absolute Gasteiger partial charge is 0.480 e. The van der Waals surface area contributed by atoms with Crippen molar-refractivity contribution in [1.82, 2.24) is 30.0 Å². The summed E-state index contributed by atoms with van der Waals surface area (Å²) in [6, 6.07) is 7.71. The monoisotopic (exact) mass is 570 g/mol. The van der Waals surface area contributed by atoms with E-state index in [1.807, 2.05) is 23.1 Å². The number of aromatic nitrogens is 2. The summed E-state index contributed by atoms with van der Waals surface area (Å²) in [7, 11) is 0. The van der Waals surface area contributed by atoms with Gasteiger partial charge in [0.1, 0.15) is 6.04 Å². The van der Waals surface area contributed by atoms with Crippen molar-refractivity contribution in [2.45, 2.75) is 31.8 Å². The van der Waals surface area contributed by atoms with Crippen LogP contribution < -0.4 is 10.6 Å². The minimum absolute atomic E-state index is 0.0156. The molecule has 204 valence electrons. The predicted octanol–water partition coefficient (Wildman–Crippen LogP) is 3.18. The lowest BCUT2D eigenvalue weighted by molar-refractivity contribution is -0.139. The molecule has 2 aliphatic rings. The number of benzene rings is 1. The van der Waals surface area contributed by atoms with Gasteiger partial charge in [0.25, 0.3) is 11.8 Å². The summed E-state index contributed by atoms with van der Waals surface area (Å²) in [6.07, 6.45) is 4.30. The third-order valence-electron chi connectivity index (χ3n) is 7.11. The standard InChI is InChI=1S/C27H28Cl2N6O4/c1-16(33-8-4-5-9-33)30-14-22(27(38)39)31-25(36)23-20(28)12-17-15-34(11-7-19(17)24(23)29)26(37)21-13-18-6-2-3-10-35(18)32-21/h2-3,6,10,12-13,22,30H,1,4-5,7-9,11,14-15H2,(H,31,36)(H,38,39)/t22-/m0/s1. The molecule has 1 saturated heterocycles. The zero-order valence-electron chi connectivity index (χ0n) is 21.1. The minimum Gasteiger partial charge on any atom is -0.480 e. The molecule has 12 heteroatoms. The van der Waals surface area contributed by atoms with Crippen LogP contribution in [0.1, 0.15) is 44.8 Å². The molecule has 5 rings (SSSR count). The van der Waals surface area contributed by atoms with Gasteiger partial charge in [0.15, 0.2) is 5.69 Å². The Balaban J connectivity index is 1.29. The Hall–Kier alpha value is -3.76. The molecule has 0 radical (unpaired) electrons. The van der Waals surface area contributed by atoms with Crippen LogP contribution in [-0.4, -0.2) is 74.5 Å². The maximum absolute atomic E-state index is 13.2. The molecule has 0 spiro atoms. The van der Waals surface area contributed by atoms with E-state index in [9.17, 15) is 19.5 Å². The maximum Gasteiger partial charge on any atom is 0.328 e. The topological polar surface area (TPSA) is 119 Å². The van der Waals surface area contributed by atoms with E-state index in [1.165, 1.54) is 0 Å². The van der Waals surface area contributed by atoms with Crippen LogP contribution in [0.4, 0.5) is 0 Å². The van der Waals surface area contributed by atoms with Crippen LogP contribution in [0.5, 0.6) is 0 Å². The van der Waals surface area contributed by atoms with Gasteiger partial charge < -0.3 is 25.5 Å². The smallest absolute Gasteiger partial charge is 0.328 e. The fourth-order valence-electron chi connectivity index (χ4n) is 4.99. The summed E-state index contributed by atoms with van der Waals surface area (Å²) in [6.45, 7) is 6.27. The van der Waals surface area contributed by atoms with Crippen molar-refractivity contribution in [2.75, 3.05) is 26.2 Å². The van der Waals surface area contributed by atoms with Gasteiger partial charge in [-0.3, -0.25) is 9.59 Å². The van der Waals surface area contributed by atoms with Crippen molar-refractivity contribution < 1.29 is 19.5 Å². The number of hydrogen-bond donors (Lipinski definition) is 3. The Morgan fingerprint density at radius 2 is 1.87 bits per heavy atom. The predicted molar refractivity (Wildman–Crippen MR) is 147 cm³/mol. The van der Waals surface area contributed by atoms with Gasteiger partial charge in [-0.15, -0.1) is 0 Å². The highest BCUT2D eigenvalue weighted by atomic mass is 35.5. The molecule has 1 atom stereocenters. The fraction of sp³-hybridized carbons (Fsp3) is 0.333. The number of likely N-dealkylation sites (tertiary alicyclic amines) is 1. The summed E-state index contributed by atoms with van der Waals surface area (Å²) in [5, 5.41) is 19.8. The van der Waals surface area contributed by atoms with E-state index in [0.717, 1.165) is 37.0 Å². The van der Waals surface area contributed by atoms with Crippen molar-refractivity contribution in [1.29, 1.82) is 0 Å². The van der Waals surface area contributed by atoms with Crippen LogP contribution in [0, 0.1) is 0 Å². The number of halogens is 2. The van der Waals surface area contributed by atoms with Gasteiger partial charge in [-0.1, -0.05) is 35.8 Å². The van der Waals surface area contributed by atoms with E-state index in [4.69, 9.17) is 23.2 Å². The Morgan fingerprint density at radius 1 is 1.10 bits per heavy atom. The van der Waals surface area contributed by atoms with Crippen LogP contribution in [0.3, 0.4) is 0 Å². The molecule has 3 aromatic rings. The molecule has 0 bridgehead atoms. The SMILES string of the molecule is C=C(NC[C@H](NC(=O)c1c(Cl)cc2c(c1Cl)CCN(C(=O)c1cc3ccccn3n1)C2)C(=O)O)N1CCCC1. The van der Waals surface area contributed by atoms with Gasteiger partial charge in [0.05, 0.1) is 26.9 Å². The van der Waals surface area contributed by atoms with E-state index >= 15 is 0 Å². The molecular weight excluding hydrogens is 543 g/mol. The highest BCUT2D eigenvalue weighted by Gasteiger charge is 2.30. The van der Waals surface area contributed by atoms with Crippen LogP contribution in [0.2, 0.25) is 10.0 Å². The molecule has 10 nitrogen and oxygen atoms in total. The van der Waals surface area contributed by atoms with Crippen LogP contribution in [-0.2, 0) is 17.8 Å². The van der Waals surface area contributed by atoms with Crippen molar-refractivity contribution in [3.05, 3.63) is 81.4 Å². The van der Waals surface area contributed by atoms with Gasteiger partial charge in [-0.05, 0) is 54.7 Å². The second-order valence-corrected chi connectivity index (χ2v) is 10.4. The number of carboxylic acids is 1. The number of fused-ring (bicyclic) bond motifs is 2. The molecule has 0 saturated carbocycles.